The monoisotopic (exact) mass is 629 g/mol. The topological polar surface area (TPSA) is 9.23 Å². The summed E-state index contributed by atoms with van der Waals surface area (Å²) >= 11 is 0. The summed E-state index contributed by atoms with van der Waals surface area (Å²) in [5.74, 6) is 5.84. The molecular formula is C44H84O. The molecule has 0 heterocycles. The Morgan fingerprint density at radius 1 is 0.467 bits per heavy atom. The lowest BCUT2D eigenvalue weighted by Gasteiger charge is -2.05. The summed E-state index contributed by atoms with van der Waals surface area (Å²) in [6, 6.07) is 21.3. The van der Waals surface area contributed by atoms with E-state index in [-0.39, 0.29) is 0 Å². The van der Waals surface area contributed by atoms with Crippen molar-refractivity contribution in [1.29, 1.82) is 0 Å². The molecule has 0 fully saturated rings. The number of hydrogen-bond donors (Lipinski definition) is 0. The van der Waals surface area contributed by atoms with Crippen molar-refractivity contribution < 1.29 is 4.74 Å². The summed E-state index contributed by atoms with van der Waals surface area (Å²) < 4.78 is 4.85. The van der Waals surface area contributed by atoms with Crippen LogP contribution in [0.5, 0.6) is 0 Å². The average Bonchev–Trinajstić information content (AvgIpc) is 2.92. The van der Waals surface area contributed by atoms with E-state index in [4.69, 9.17) is 4.74 Å². The third-order valence-corrected chi connectivity index (χ3v) is 6.05. The fourth-order valence-electron chi connectivity index (χ4n) is 4.06. The van der Waals surface area contributed by atoms with E-state index in [1.807, 2.05) is 0 Å². The second-order valence-corrected chi connectivity index (χ2v) is 15.6. The summed E-state index contributed by atoms with van der Waals surface area (Å²) in [5, 5.41) is 0. The number of ether oxygens (including phenoxy) is 1. The maximum Gasteiger partial charge on any atom is 0.0464 e. The molecule has 0 unspecified atom stereocenters. The molecule has 2 aromatic carbocycles. The Morgan fingerprint density at radius 3 is 1.07 bits per heavy atom. The molecule has 0 amide bonds. The van der Waals surface area contributed by atoms with E-state index in [0.717, 1.165) is 48.0 Å². The molecule has 0 saturated heterocycles. The molecule has 0 atom stereocenters. The van der Waals surface area contributed by atoms with Gasteiger partial charge in [0, 0.05) is 13.7 Å². The van der Waals surface area contributed by atoms with Crippen LogP contribution in [-0.2, 0) is 17.6 Å². The number of hydrogen-bond acceptors (Lipinski definition) is 1. The van der Waals surface area contributed by atoms with Crippen LogP contribution in [0.25, 0.3) is 0 Å². The Balaban J connectivity index is -0.000000231. The number of methoxy groups -OCH3 is 1. The Bertz CT molecular complexity index is 747. The number of rotatable bonds is 12. The molecule has 2 rings (SSSR count). The highest BCUT2D eigenvalue weighted by molar-refractivity contribution is 5.15. The van der Waals surface area contributed by atoms with Gasteiger partial charge in [-0.25, -0.2) is 0 Å². The maximum atomic E-state index is 4.85. The number of aryl methyl sites for hydroxylation is 1. The predicted molar refractivity (Wildman–Crippen MR) is 210 cm³/mol. The normalized spacial score (nSPS) is 10.3. The van der Waals surface area contributed by atoms with Crippen LogP contribution in [0.15, 0.2) is 60.7 Å². The molecule has 0 radical (unpaired) electrons. The first-order chi connectivity index (χ1) is 21.0. The van der Waals surface area contributed by atoms with Gasteiger partial charge in [-0.1, -0.05) is 184 Å². The Kier molecular flexibility index (Phi) is 41.2. The molecule has 0 saturated carbocycles. The molecular weight excluding hydrogens is 544 g/mol. The van der Waals surface area contributed by atoms with Gasteiger partial charge in [-0.3, -0.25) is 0 Å². The van der Waals surface area contributed by atoms with Crippen molar-refractivity contribution in [3.63, 3.8) is 0 Å². The molecule has 0 aliphatic carbocycles. The summed E-state index contributed by atoms with van der Waals surface area (Å²) in [6.07, 6.45) is 8.96. The molecule has 0 bridgehead atoms. The second kappa shape index (κ2) is 36.9. The SMILES string of the molecule is CC(C)C.CC(C)CC(C)C.CC(C)CCc1ccccc1.CC(C)Cc1ccccc1.CCCC(C)C.COCCC(C)C. The average molecular weight is 629 g/mol. The van der Waals surface area contributed by atoms with Gasteiger partial charge in [0.25, 0.3) is 0 Å². The van der Waals surface area contributed by atoms with E-state index < -0.39 is 0 Å². The Hall–Kier alpha value is -1.60. The first kappa shape index (κ1) is 50.3. The van der Waals surface area contributed by atoms with Gasteiger partial charge in [-0.15, -0.1) is 0 Å². The first-order valence-electron chi connectivity index (χ1n) is 18.5. The molecule has 0 aromatic heterocycles. The molecule has 0 N–H and O–H groups in total. The molecule has 1 heteroatoms. The predicted octanol–water partition coefficient (Wildman–Crippen LogP) is 14.6. The van der Waals surface area contributed by atoms with Gasteiger partial charge in [0.05, 0.1) is 0 Å². The molecule has 0 aliphatic rings. The molecule has 1 nitrogen and oxygen atoms in total. The quantitative estimate of drug-likeness (QED) is 0.227. The zero-order chi connectivity index (χ0) is 35.6. The van der Waals surface area contributed by atoms with Crippen LogP contribution >= 0.6 is 0 Å². The van der Waals surface area contributed by atoms with Crippen molar-refractivity contribution in [1.82, 2.24) is 0 Å². The van der Waals surface area contributed by atoms with Crippen LogP contribution < -0.4 is 0 Å². The van der Waals surface area contributed by atoms with Crippen LogP contribution in [0.2, 0.25) is 0 Å². The van der Waals surface area contributed by atoms with E-state index in [1.165, 1.54) is 56.1 Å². The zero-order valence-corrected chi connectivity index (χ0v) is 33.9. The fraction of sp³-hybridized carbons (Fsp3) is 0.727. The minimum atomic E-state index is 0.766. The van der Waals surface area contributed by atoms with E-state index >= 15 is 0 Å². The lowest BCUT2D eigenvalue weighted by atomic mass is 10.0. The highest BCUT2D eigenvalue weighted by Crippen LogP contribution is 2.09. The van der Waals surface area contributed by atoms with Crippen molar-refractivity contribution in [2.45, 2.75) is 156 Å². The molecule has 266 valence electrons. The van der Waals surface area contributed by atoms with Crippen LogP contribution in [-0.4, -0.2) is 13.7 Å². The van der Waals surface area contributed by atoms with Gasteiger partial charge in [-0.05, 0) is 84.7 Å². The first-order valence-corrected chi connectivity index (χ1v) is 18.5. The van der Waals surface area contributed by atoms with Gasteiger partial charge in [0.1, 0.15) is 0 Å². The van der Waals surface area contributed by atoms with Crippen molar-refractivity contribution in [2.75, 3.05) is 13.7 Å². The summed E-state index contributed by atoms with van der Waals surface area (Å²) in [5.41, 5.74) is 2.90. The minimum absolute atomic E-state index is 0.766. The second-order valence-electron chi connectivity index (χ2n) is 15.6. The smallest absolute Gasteiger partial charge is 0.0464 e. The fourth-order valence-corrected chi connectivity index (χ4v) is 4.06. The van der Waals surface area contributed by atoms with E-state index in [9.17, 15) is 0 Å². The van der Waals surface area contributed by atoms with E-state index in [1.54, 1.807) is 7.11 Å². The van der Waals surface area contributed by atoms with E-state index in [0.29, 0.717) is 0 Å². The van der Waals surface area contributed by atoms with Crippen LogP contribution in [0.1, 0.15) is 154 Å². The minimum Gasteiger partial charge on any atom is -0.385 e. The third kappa shape index (κ3) is 58.5. The Morgan fingerprint density at radius 2 is 0.844 bits per heavy atom. The molecule has 45 heavy (non-hydrogen) atoms. The lowest BCUT2D eigenvalue weighted by molar-refractivity contribution is 0.183. The highest BCUT2D eigenvalue weighted by Gasteiger charge is 1.96. The van der Waals surface area contributed by atoms with Crippen LogP contribution in [0, 0.1) is 41.4 Å². The largest absolute Gasteiger partial charge is 0.385 e. The van der Waals surface area contributed by atoms with Gasteiger partial charge in [0.2, 0.25) is 0 Å². The van der Waals surface area contributed by atoms with Crippen LogP contribution in [0.3, 0.4) is 0 Å². The molecule has 0 aliphatic heterocycles. The van der Waals surface area contributed by atoms with Crippen molar-refractivity contribution >= 4 is 0 Å². The Labute approximate surface area is 286 Å². The van der Waals surface area contributed by atoms with Gasteiger partial charge < -0.3 is 4.74 Å². The summed E-state index contributed by atoms with van der Waals surface area (Å²) in [6.45, 7) is 36.6. The molecule has 2 aromatic rings. The lowest BCUT2D eigenvalue weighted by Crippen LogP contribution is -1.93. The third-order valence-electron chi connectivity index (χ3n) is 6.05. The van der Waals surface area contributed by atoms with Crippen molar-refractivity contribution in [3.05, 3.63) is 71.8 Å². The van der Waals surface area contributed by atoms with Crippen LogP contribution in [0.4, 0.5) is 0 Å². The zero-order valence-electron chi connectivity index (χ0n) is 33.9. The van der Waals surface area contributed by atoms with Crippen molar-refractivity contribution in [2.24, 2.45) is 41.4 Å². The summed E-state index contributed by atoms with van der Waals surface area (Å²) in [7, 11) is 1.74. The highest BCUT2D eigenvalue weighted by atomic mass is 16.5. The number of benzene rings is 2. The molecule has 0 spiro atoms. The summed E-state index contributed by atoms with van der Waals surface area (Å²) in [4.78, 5) is 0. The van der Waals surface area contributed by atoms with Gasteiger partial charge >= 0.3 is 0 Å². The van der Waals surface area contributed by atoms with Gasteiger partial charge in [0.15, 0.2) is 0 Å². The van der Waals surface area contributed by atoms with Gasteiger partial charge in [-0.2, -0.15) is 0 Å². The van der Waals surface area contributed by atoms with Crippen molar-refractivity contribution in [3.8, 4) is 0 Å². The van der Waals surface area contributed by atoms with E-state index in [2.05, 4.69) is 171 Å². The maximum absolute atomic E-state index is 4.85. The standard InChI is InChI=1S/C11H16.C10H14.C7H16.C6H14O.C6H14.C4H10/c1-10(2)8-9-11-6-4-3-5-7-11;1-9(2)8-10-6-4-3-5-7-10;1-6(2)5-7(3)4;1-6(2)4-5-7-3;1-4-5-6(2)3;1-4(2)3/h3-7,10H,8-9H2,1-2H3;3-7,9H,8H2,1-2H3;6-7H,5H2,1-4H3;6H,4-5H2,1-3H3;6H,4-5H2,1-3H3;4H,1-3H3.